The lowest BCUT2D eigenvalue weighted by Crippen LogP contribution is -2.46. The zero-order valence-corrected chi connectivity index (χ0v) is 26.6. The molecule has 0 aliphatic heterocycles. The van der Waals surface area contributed by atoms with Crippen molar-refractivity contribution < 1.29 is 4.74 Å². The number of benzene rings is 5. The maximum atomic E-state index is 5.92. The van der Waals surface area contributed by atoms with Crippen LogP contribution in [0.25, 0.3) is 5.57 Å². The largest absolute Gasteiger partial charge is 0.494 e. The highest BCUT2D eigenvalue weighted by Gasteiger charge is 2.36. The SMILES string of the molecule is CCCOc1cccc([SiH2]C(c2ccccc2)(c2ccccc2)n2ccnc2)c1.[B]C=C(c1ccccc1)c1ccccc1. The molecule has 3 nitrogen and oxygen atoms in total. The van der Waals surface area contributed by atoms with Crippen LogP contribution < -0.4 is 9.92 Å². The Labute approximate surface area is 265 Å². The summed E-state index contributed by atoms with van der Waals surface area (Å²) < 4.78 is 8.20. The smallest absolute Gasteiger partial charge is 0.119 e. The summed E-state index contributed by atoms with van der Waals surface area (Å²) in [6.07, 6.45) is 6.92. The molecule has 0 atom stereocenters. The van der Waals surface area contributed by atoms with Crippen LogP contribution in [0.15, 0.2) is 170 Å². The topological polar surface area (TPSA) is 27.1 Å². The van der Waals surface area contributed by atoms with Crippen LogP contribution >= 0.6 is 0 Å². The highest BCUT2D eigenvalue weighted by molar-refractivity contribution is 6.57. The molecule has 0 N–H and O–H groups in total. The molecule has 5 aromatic carbocycles. The molecule has 6 rings (SSSR count). The van der Waals surface area contributed by atoms with Crippen LogP contribution in [0.2, 0.25) is 0 Å². The second-order valence-corrected chi connectivity index (χ2v) is 12.7. The highest BCUT2D eigenvalue weighted by Crippen LogP contribution is 2.33. The normalized spacial score (nSPS) is 11.0. The van der Waals surface area contributed by atoms with Gasteiger partial charge in [0.2, 0.25) is 0 Å². The van der Waals surface area contributed by atoms with Crippen molar-refractivity contribution in [3.05, 3.63) is 193 Å². The minimum absolute atomic E-state index is 0.262. The van der Waals surface area contributed by atoms with E-state index < -0.39 is 9.52 Å². The highest BCUT2D eigenvalue weighted by atomic mass is 28.2. The second kappa shape index (κ2) is 15.6. The van der Waals surface area contributed by atoms with Crippen LogP contribution in [0.4, 0.5) is 0 Å². The number of ether oxygens (including phenoxy) is 1. The van der Waals surface area contributed by atoms with E-state index in [1.165, 1.54) is 16.3 Å². The lowest BCUT2D eigenvalue weighted by Gasteiger charge is -2.37. The van der Waals surface area contributed by atoms with Crippen molar-refractivity contribution in [2.75, 3.05) is 6.61 Å². The van der Waals surface area contributed by atoms with Gasteiger partial charge >= 0.3 is 0 Å². The first-order valence-corrected chi connectivity index (χ1v) is 16.5. The van der Waals surface area contributed by atoms with Gasteiger partial charge in [0.1, 0.15) is 13.6 Å². The van der Waals surface area contributed by atoms with Crippen molar-refractivity contribution in [1.82, 2.24) is 9.55 Å². The van der Waals surface area contributed by atoms with Crippen LogP contribution in [-0.2, 0) is 5.16 Å². The van der Waals surface area contributed by atoms with Crippen molar-refractivity contribution >= 4 is 28.1 Å². The summed E-state index contributed by atoms with van der Waals surface area (Å²) in [6, 6.07) is 50.5. The molecule has 0 fully saturated rings. The van der Waals surface area contributed by atoms with Crippen molar-refractivity contribution in [3.8, 4) is 5.75 Å². The molecule has 44 heavy (non-hydrogen) atoms. The lowest BCUT2D eigenvalue weighted by molar-refractivity contribution is 0.317. The summed E-state index contributed by atoms with van der Waals surface area (Å²) in [5, 5.41) is 1.10. The maximum Gasteiger partial charge on any atom is 0.119 e. The lowest BCUT2D eigenvalue weighted by atomic mass is 9.92. The van der Waals surface area contributed by atoms with Crippen LogP contribution in [0, 0.1) is 0 Å². The number of hydrogen-bond donors (Lipinski definition) is 0. The molecule has 216 valence electrons. The van der Waals surface area contributed by atoms with Crippen molar-refractivity contribution in [2.24, 2.45) is 0 Å². The molecule has 0 amide bonds. The van der Waals surface area contributed by atoms with E-state index in [0.717, 1.165) is 35.5 Å². The molecule has 5 heteroatoms. The summed E-state index contributed by atoms with van der Waals surface area (Å²) in [4.78, 5) is 4.40. The predicted octanol–water partition coefficient (Wildman–Crippen LogP) is 7.16. The van der Waals surface area contributed by atoms with Gasteiger partial charge in [0.25, 0.3) is 0 Å². The van der Waals surface area contributed by atoms with Gasteiger partial charge in [-0.1, -0.05) is 146 Å². The Morgan fingerprint density at radius 1 is 0.750 bits per heavy atom. The average Bonchev–Trinajstić information content (AvgIpc) is 3.65. The third kappa shape index (κ3) is 7.36. The molecule has 0 saturated carbocycles. The molecule has 1 aromatic heterocycles. The molecule has 0 bridgehead atoms. The Morgan fingerprint density at radius 3 is 1.77 bits per heavy atom. The zero-order chi connectivity index (χ0) is 30.5. The summed E-state index contributed by atoms with van der Waals surface area (Å²) in [7, 11) is 4.80. The van der Waals surface area contributed by atoms with Crippen LogP contribution in [0.5, 0.6) is 5.75 Å². The summed E-state index contributed by atoms with van der Waals surface area (Å²) >= 11 is 0. The van der Waals surface area contributed by atoms with Gasteiger partial charge < -0.3 is 9.30 Å². The standard InChI is InChI=1S/C25H26N2OSi.C14H11B/c1-2-18-28-23-14-9-15-24(19-23)29-25(27-17-16-26-20-27,21-10-5-3-6-11-21)22-12-7-4-8-13-22;15-11-14(12-7-3-1-4-8-12)13-9-5-2-6-10-13/h3-17,19-20H,2,18,29H2,1H3;1-11H. The Bertz CT molecular complexity index is 1630. The van der Waals surface area contributed by atoms with Gasteiger partial charge in [0, 0.05) is 12.4 Å². The Morgan fingerprint density at radius 2 is 1.30 bits per heavy atom. The van der Waals surface area contributed by atoms with Gasteiger partial charge in [-0.05, 0) is 46.4 Å². The fraction of sp³-hybridized carbons (Fsp3) is 0.103. The first-order chi connectivity index (χ1) is 21.7. The Hall–Kier alpha value is -4.87. The van der Waals surface area contributed by atoms with Gasteiger partial charge in [-0.25, -0.2) is 4.98 Å². The predicted molar refractivity (Wildman–Crippen MR) is 187 cm³/mol. The van der Waals surface area contributed by atoms with Gasteiger partial charge in [-0.15, -0.1) is 5.98 Å². The monoisotopic (exact) mass is 588 g/mol. The minimum Gasteiger partial charge on any atom is -0.494 e. The quantitative estimate of drug-likeness (QED) is 0.159. The molecule has 1 heterocycles. The first kappa shape index (κ1) is 30.6. The van der Waals surface area contributed by atoms with Crippen LogP contribution in [0.3, 0.4) is 0 Å². The van der Waals surface area contributed by atoms with E-state index >= 15 is 0 Å². The van der Waals surface area contributed by atoms with E-state index in [0.29, 0.717) is 0 Å². The van der Waals surface area contributed by atoms with E-state index in [2.05, 4.69) is 132 Å². The zero-order valence-electron chi connectivity index (χ0n) is 25.2. The average molecular weight is 589 g/mol. The summed E-state index contributed by atoms with van der Waals surface area (Å²) in [6.45, 7) is 2.88. The van der Waals surface area contributed by atoms with Gasteiger partial charge in [0.15, 0.2) is 0 Å². The van der Waals surface area contributed by atoms with Gasteiger partial charge in [-0.3, -0.25) is 0 Å². The molecule has 0 spiro atoms. The number of hydrogen-bond acceptors (Lipinski definition) is 2. The Kier molecular flexibility index (Phi) is 10.8. The first-order valence-electron chi connectivity index (χ1n) is 15.1. The van der Waals surface area contributed by atoms with Gasteiger partial charge in [-0.2, -0.15) is 0 Å². The fourth-order valence-corrected chi connectivity index (χ4v) is 7.93. The second-order valence-electron chi connectivity index (χ2n) is 10.5. The van der Waals surface area contributed by atoms with Crippen molar-refractivity contribution in [1.29, 1.82) is 0 Å². The number of imidazole rings is 1. The molecular formula is C39H37BN2OSi. The summed E-state index contributed by atoms with van der Waals surface area (Å²) in [5.41, 5.74) is 5.93. The third-order valence-electron chi connectivity index (χ3n) is 7.62. The minimum atomic E-state index is -0.871. The van der Waals surface area contributed by atoms with Crippen LogP contribution in [0.1, 0.15) is 35.6 Å². The number of rotatable bonds is 10. The summed E-state index contributed by atoms with van der Waals surface area (Å²) in [5.74, 6) is 2.61. The van der Waals surface area contributed by atoms with Crippen LogP contribution in [-0.4, -0.2) is 33.5 Å². The molecule has 6 aromatic rings. The van der Waals surface area contributed by atoms with E-state index in [4.69, 9.17) is 12.6 Å². The molecular weight excluding hydrogens is 551 g/mol. The van der Waals surface area contributed by atoms with E-state index in [1.807, 2.05) is 48.9 Å². The van der Waals surface area contributed by atoms with E-state index in [9.17, 15) is 0 Å². The van der Waals surface area contributed by atoms with Gasteiger partial charge in [0.05, 0.1) is 27.6 Å². The Balaban J connectivity index is 0.000000215. The number of nitrogens with zero attached hydrogens (tertiary/aromatic N) is 2. The van der Waals surface area contributed by atoms with Crippen molar-refractivity contribution in [3.63, 3.8) is 0 Å². The van der Waals surface area contributed by atoms with E-state index in [1.54, 1.807) is 5.98 Å². The molecule has 0 aliphatic rings. The van der Waals surface area contributed by atoms with Crippen molar-refractivity contribution in [2.45, 2.75) is 18.5 Å². The third-order valence-corrected chi connectivity index (χ3v) is 10.2. The molecule has 0 aliphatic carbocycles. The fourth-order valence-electron chi connectivity index (χ4n) is 5.53. The van der Waals surface area contributed by atoms with E-state index in [-0.39, 0.29) is 5.16 Å². The number of aromatic nitrogens is 2. The molecule has 2 radical (unpaired) electrons. The molecule has 0 unspecified atom stereocenters. The maximum absolute atomic E-state index is 5.92. The molecule has 0 saturated heterocycles.